The zero-order valence-electron chi connectivity index (χ0n) is 7.80. The van der Waals surface area contributed by atoms with Crippen LogP contribution in [-0.2, 0) is 0 Å². The van der Waals surface area contributed by atoms with Gasteiger partial charge in [-0.15, -0.1) is 0 Å². The van der Waals surface area contributed by atoms with E-state index in [2.05, 4.69) is 32.2 Å². The number of hydrazone groups is 1. The van der Waals surface area contributed by atoms with E-state index in [9.17, 15) is 0 Å². The van der Waals surface area contributed by atoms with E-state index in [0.717, 1.165) is 18.7 Å². The summed E-state index contributed by atoms with van der Waals surface area (Å²) in [5, 5.41) is 5.68. The van der Waals surface area contributed by atoms with Crippen LogP contribution in [0.1, 0.15) is 27.2 Å². The van der Waals surface area contributed by atoms with E-state index < -0.39 is 0 Å². The third kappa shape index (κ3) is 4.59. The summed E-state index contributed by atoms with van der Waals surface area (Å²) in [6.45, 7) is 14.5. The fraction of sp³-hybridized carbons (Fsp3) is 0.667. The third-order valence-electron chi connectivity index (χ3n) is 1.53. The quantitative estimate of drug-likeness (QED) is 0.439. The van der Waals surface area contributed by atoms with Gasteiger partial charge in [0.2, 0.25) is 0 Å². The van der Waals surface area contributed by atoms with Crippen LogP contribution in [0, 0.1) is 5.92 Å². The molecule has 0 amide bonds. The molecule has 0 aromatic rings. The Bertz CT molecular complexity index is 138. The maximum atomic E-state index is 3.84. The van der Waals surface area contributed by atoms with Crippen LogP contribution in [0.2, 0.25) is 0 Å². The van der Waals surface area contributed by atoms with Gasteiger partial charge in [0.05, 0.1) is 0 Å². The van der Waals surface area contributed by atoms with Gasteiger partial charge in [-0.1, -0.05) is 20.4 Å². The summed E-state index contributed by atoms with van der Waals surface area (Å²) in [5.74, 6) is 0.707. The summed E-state index contributed by atoms with van der Waals surface area (Å²) < 4.78 is 0. The molecule has 0 aliphatic carbocycles. The molecule has 0 radical (unpaired) electrons. The lowest BCUT2D eigenvalue weighted by Gasteiger charge is -2.18. The molecule has 0 aliphatic rings. The lowest BCUT2D eigenvalue weighted by atomic mass is 10.1. The largest absolute Gasteiger partial charge is 0.271 e. The van der Waals surface area contributed by atoms with E-state index in [4.69, 9.17) is 0 Å². The molecule has 0 unspecified atom stereocenters. The van der Waals surface area contributed by atoms with Gasteiger partial charge in [0.25, 0.3) is 0 Å². The summed E-state index contributed by atoms with van der Waals surface area (Å²) in [4.78, 5) is 0. The maximum absolute atomic E-state index is 3.84. The van der Waals surface area contributed by atoms with Crippen molar-refractivity contribution in [3.8, 4) is 0 Å². The maximum Gasteiger partial charge on any atom is 0.0414 e. The van der Waals surface area contributed by atoms with Crippen molar-refractivity contribution in [1.29, 1.82) is 0 Å². The van der Waals surface area contributed by atoms with Crippen molar-refractivity contribution in [2.75, 3.05) is 6.54 Å². The first-order chi connectivity index (χ1) is 5.07. The molecule has 0 rings (SSSR count). The first-order valence-corrected chi connectivity index (χ1v) is 3.97. The molecule has 0 atom stereocenters. The lowest BCUT2D eigenvalue weighted by Crippen LogP contribution is -2.16. The third-order valence-corrected chi connectivity index (χ3v) is 1.53. The minimum absolute atomic E-state index is 0.707. The van der Waals surface area contributed by atoms with Crippen LogP contribution in [0.15, 0.2) is 17.4 Å². The van der Waals surface area contributed by atoms with Gasteiger partial charge in [-0.2, -0.15) is 5.10 Å². The number of rotatable bonds is 5. The molecule has 0 N–H and O–H groups in total. The monoisotopic (exact) mass is 154 g/mol. The zero-order valence-corrected chi connectivity index (χ0v) is 7.80. The highest BCUT2D eigenvalue weighted by Crippen LogP contribution is 2.06. The van der Waals surface area contributed by atoms with E-state index in [1.165, 1.54) is 0 Å². The predicted molar refractivity (Wildman–Crippen MR) is 50.5 cm³/mol. The van der Waals surface area contributed by atoms with Gasteiger partial charge in [-0.05, 0) is 19.3 Å². The van der Waals surface area contributed by atoms with Crippen LogP contribution in [0.25, 0.3) is 0 Å². The minimum Gasteiger partial charge on any atom is -0.271 e. The lowest BCUT2D eigenvalue weighted by molar-refractivity contribution is 0.339. The molecule has 0 spiro atoms. The average Bonchev–Trinajstić information content (AvgIpc) is 1.87. The second-order valence-electron chi connectivity index (χ2n) is 3.18. The van der Waals surface area contributed by atoms with Crippen LogP contribution < -0.4 is 0 Å². The Morgan fingerprint density at radius 1 is 1.55 bits per heavy atom. The molecule has 0 fully saturated rings. The normalized spacial score (nSPS) is 9.82. The van der Waals surface area contributed by atoms with Gasteiger partial charge in [0, 0.05) is 19.0 Å². The average molecular weight is 154 g/mol. The van der Waals surface area contributed by atoms with Gasteiger partial charge < -0.3 is 0 Å². The van der Waals surface area contributed by atoms with Gasteiger partial charge >= 0.3 is 0 Å². The Labute approximate surface area is 69.6 Å². The van der Waals surface area contributed by atoms with Gasteiger partial charge in [-0.3, -0.25) is 5.01 Å². The number of hydrogen-bond acceptors (Lipinski definition) is 2. The Morgan fingerprint density at radius 2 is 2.09 bits per heavy atom. The first kappa shape index (κ1) is 10.2. The second kappa shape index (κ2) is 4.94. The van der Waals surface area contributed by atoms with E-state index in [-0.39, 0.29) is 0 Å². The molecule has 64 valence electrons. The van der Waals surface area contributed by atoms with Crippen molar-refractivity contribution >= 4 is 6.72 Å². The van der Waals surface area contributed by atoms with E-state index in [1.807, 2.05) is 11.9 Å². The van der Waals surface area contributed by atoms with E-state index in [0.29, 0.717) is 5.92 Å². The fourth-order valence-corrected chi connectivity index (χ4v) is 0.763. The first-order valence-electron chi connectivity index (χ1n) is 3.97. The van der Waals surface area contributed by atoms with Crippen LogP contribution in [0.5, 0.6) is 0 Å². The molecule has 0 aromatic heterocycles. The Balaban J connectivity index is 3.70. The van der Waals surface area contributed by atoms with Crippen molar-refractivity contribution < 1.29 is 0 Å². The summed E-state index contributed by atoms with van der Waals surface area (Å²) >= 11 is 0. The Morgan fingerprint density at radius 3 is 2.36 bits per heavy atom. The van der Waals surface area contributed by atoms with Crippen LogP contribution in [0.4, 0.5) is 0 Å². The minimum atomic E-state index is 0.707. The van der Waals surface area contributed by atoms with Gasteiger partial charge in [-0.25, -0.2) is 0 Å². The summed E-state index contributed by atoms with van der Waals surface area (Å²) in [7, 11) is 0. The molecule has 0 bridgehead atoms. The fourth-order valence-electron chi connectivity index (χ4n) is 0.763. The molecule has 0 saturated heterocycles. The highest BCUT2D eigenvalue weighted by atomic mass is 15.4. The SMILES string of the molecule is C=NN(CCC(C)C)C(=C)C. The van der Waals surface area contributed by atoms with Crippen molar-refractivity contribution in [1.82, 2.24) is 5.01 Å². The van der Waals surface area contributed by atoms with Crippen LogP contribution >= 0.6 is 0 Å². The summed E-state index contributed by atoms with van der Waals surface area (Å²) in [6, 6.07) is 0. The topological polar surface area (TPSA) is 15.6 Å². The summed E-state index contributed by atoms with van der Waals surface area (Å²) in [5.41, 5.74) is 0.959. The van der Waals surface area contributed by atoms with Crippen molar-refractivity contribution in [3.05, 3.63) is 12.3 Å². The van der Waals surface area contributed by atoms with Gasteiger partial charge in [0.15, 0.2) is 0 Å². The number of hydrogen-bond donors (Lipinski definition) is 0. The highest BCUT2D eigenvalue weighted by molar-refractivity contribution is 5.23. The van der Waals surface area contributed by atoms with Crippen LogP contribution in [0.3, 0.4) is 0 Å². The molecule has 0 aromatic carbocycles. The Hall–Kier alpha value is -0.790. The van der Waals surface area contributed by atoms with Gasteiger partial charge in [0.1, 0.15) is 0 Å². The van der Waals surface area contributed by atoms with E-state index >= 15 is 0 Å². The molecular formula is C9H18N2. The highest BCUT2D eigenvalue weighted by Gasteiger charge is 2.01. The molecule has 0 aliphatic heterocycles. The van der Waals surface area contributed by atoms with Crippen molar-refractivity contribution in [3.63, 3.8) is 0 Å². The molecular weight excluding hydrogens is 136 g/mol. The smallest absolute Gasteiger partial charge is 0.0414 e. The van der Waals surface area contributed by atoms with Crippen molar-refractivity contribution in [2.45, 2.75) is 27.2 Å². The van der Waals surface area contributed by atoms with Crippen LogP contribution in [-0.4, -0.2) is 18.3 Å². The second-order valence-corrected chi connectivity index (χ2v) is 3.18. The molecule has 0 saturated carbocycles. The molecule has 2 heteroatoms. The predicted octanol–water partition coefficient (Wildman–Crippen LogP) is 2.48. The Kier molecular flexibility index (Phi) is 4.59. The zero-order chi connectivity index (χ0) is 8.85. The standard InChI is InChI=1S/C9H18N2/c1-8(2)6-7-11(10-5)9(3)4/h8H,3,5-7H2,1-2,4H3. The number of nitrogens with zero attached hydrogens (tertiary/aromatic N) is 2. The molecule has 11 heavy (non-hydrogen) atoms. The number of allylic oxidation sites excluding steroid dienone is 1. The summed E-state index contributed by atoms with van der Waals surface area (Å²) in [6.07, 6.45) is 1.13. The van der Waals surface area contributed by atoms with E-state index in [1.54, 1.807) is 0 Å². The molecule has 2 nitrogen and oxygen atoms in total. The van der Waals surface area contributed by atoms with Crippen molar-refractivity contribution in [2.24, 2.45) is 11.0 Å². The molecule has 0 heterocycles.